The van der Waals surface area contributed by atoms with Gasteiger partial charge >= 0.3 is 11.9 Å². The Morgan fingerprint density at radius 1 is 1.03 bits per heavy atom. The van der Waals surface area contributed by atoms with Crippen molar-refractivity contribution in [1.82, 2.24) is 0 Å². The van der Waals surface area contributed by atoms with Crippen molar-refractivity contribution in [2.45, 2.75) is 26.7 Å². The van der Waals surface area contributed by atoms with Gasteiger partial charge in [-0.1, -0.05) is 24.6 Å². The molecule has 8 nitrogen and oxygen atoms in total. The van der Waals surface area contributed by atoms with Crippen LogP contribution < -0.4 is 10.2 Å². The second kappa shape index (κ2) is 10.6. The van der Waals surface area contributed by atoms with E-state index in [9.17, 15) is 19.2 Å². The van der Waals surface area contributed by atoms with Crippen molar-refractivity contribution in [3.05, 3.63) is 59.7 Å². The van der Waals surface area contributed by atoms with E-state index in [0.717, 1.165) is 17.7 Å². The standard InChI is InChI=1S/C24H26N2O6/c1-3-12-31-23(29)17-6-8-19(9-7-17)25-21(27)15-32-24(30)18-13-22(28)26(14-18)20-10-4-16(2)5-11-20/h4-11,18H,3,12-15H2,1-2H3,(H,25,27)/t18-/m0/s1. The van der Waals surface area contributed by atoms with E-state index in [1.54, 1.807) is 29.2 Å². The van der Waals surface area contributed by atoms with Crippen molar-refractivity contribution >= 4 is 35.1 Å². The molecule has 1 aliphatic rings. The zero-order valence-electron chi connectivity index (χ0n) is 18.1. The summed E-state index contributed by atoms with van der Waals surface area (Å²) in [6.45, 7) is 3.96. The normalized spacial score (nSPS) is 15.4. The Bertz CT molecular complexity index is 985. The minimum absolute atomic E-state index is 0.0456. The number of carbonyl (C=O) groups is 4. The van der Waals surface area contributed by atoms with Crippen molar-refractivity contribution < 1.29 is 28.7 Å². The molecular formula is C24H26N2O6. The highest BCUT2D eigenvalue weighted by atomic mass is 16.5. The Morgan fingerprint density at radius 2 is 1.72 bits per heavy atom. The van der Waals surface area contributed by atoms with Crippen LogP contribution in [-0.4, -0.2) is 43.5 Å². The molecule has 1 N–H and O–H groups in total. The fraction of sp³-hybridized carbons (Fsp3) is 0.333. The summed E-state index contributed by atoms with van der Waals surface area (Å²) in [5.74, 6) is -2.30. The van der Waals surface area contributed by atoms with E-state index in [-0.39, 0.29) is 18.9 Å². The largest absolute Gasteiger partial charge is 0.462 e. The number of hydrogen-bond donors (Lipinski definition) is 1. The first-order valence-corrected chi connectivity index (χ1v) is 10.5. The van der Waals surface area contributed by atoms with Gasteiger partial charge in [-0.15, -0.1) is 0 Å². The number of hydrogen-bond acceptors (Lipinski definition) is 6. The Morgan fingerprint density at radius 3 is 2.38 bits per heavy atom. The fourth-order valence-electron chi connectivity index (χ4n) is 3.26. The summed E-state index contributed by atoms with van der Waals surface area (Å²) in [5.41, 5.74) is 2.65. The number of carbonyl (C=O) groups excluding carboxylic acids is 4. The molecule has 0 unspecified atom stereocenters. The highest BCUT2D eigenvalue weighted by Gasteiger charge is 2.36. The summed E-state index contributed by atoms with van der Waals surface area (Å²) in [5, 5.41) is 2.60. The Kier molecular flexibility index (Phi) is 7.59. The van der Waals surface area contributed by atoms with E-state index in [4.69, 9.17) is 9.47 Å². The van der Waals surface area contributed by atoms with Crippen LogP contribution >= 0.6 is 0 Å². The predicted molar refractivity (Wildman–Crippen MR) is 118 cm³/mol. The lowest BCUT2D eigenvalue weighted by molar-refractivity contribution is -0.151. The van der Waals surface area contributed by atoms with Crippen molar-refractivity contribution in [2.24, 2.45) is 5.92 Å². The number of nitrogens with one attached hydrogen (secondary N) is 1. The Hall–Kier alpha value is -3.68. The van der Waals surface area contributed by atoms with E-state index in [1.807, 2.05) is 38.1 Å². The minimum atomic E-state index is -0.620. The van der Waals surface area contributed by atoms with Gasteiger partial charge in [0.1, 0.15) is 0 Å². The summed E-state index contributed by atoms with van der Waals surface area (Å²) in [4.78, 5) is 50.1. The van der Waals surface area contributed by atoms with E-state index in [0.29, 0.717) is 17.9 Å². The summed E-state index contributed by atoms with van der Waals surface area (Å²) in [7, 11) is 0. The number of anilines is 2. The van der Waals surface area contributed by atoms with Crippen LogP contribution in [0.15, 0.2) is 48.5 Å². The molecule has 1 aliphatic heterocycles. The SMILES string of the molecule is CCCOC(=O)c1ccc(NC(=O)COC(=O)[C@H]2CC(=O)N(c3ccc(C)cc3)C2)cc1. The van der Waals surface area contributed by atoms with E-state index < -0.39 is 30.4 Å². The van der Waals surface area contributed by atoms with Gasteiger partial charge in [0.25, 0.3) is 5.91 Å². The molecule has 2 amide bonds. The highest BCUT2D eigenvalue weighted by molar-refractivity contribution is 6.00. The molecule has 1 fully saturated rings. The molecule has 0 spiro atoms. The van der Waals surface area contributed by atoms with Gasteiger partial charge in [-0.2, -0.15) is 0 Å². The van der Waals surface area contributed by atoms with Gasteiger partial charge in [-0.05, 0) is 49.7 Å². The monoisotopic (exact) mass is 438 g/mol. The summed E-state index contributed by atoms with van der Waals surface area (Å²) in [6, 6.07) is 13.7. The lowest BCUT2D eigenvalue weighted by Gasteiger charge is -2.16. The number of benzene rings is 2. The molecule has 0 saturated carbocycles. The smallest absolute Gasteiger partial charge is 0.338 e. The lowest BCUT2D eigenvalue weighted by atomic mass is 10.1. The highest BCUT2D eigenvalue weighted by Crippen LogP contribution is 2.26. The van der Waals surface area contributed by atoms with Crippen LogP contribution in [0.2, 0.25) is 0 Å². The van der Waals surface area contributed by atoms with Crippen LogP contribution in [0.3, 0.4) is 0 Å². The van der Waals surface area contributed by atoms with Crippen LogP contribution in [0, 0.1) is 12.8 Å². The van der Waals surface area contributed by atoms with Crippen molar-refractivity contribution in [2.75, 3.05) is 30.0 Å². The molecule has 0 aliphatic carbocycles. The predicted octanol–water partition coefficient (Wildman–Crippen LogP) is 3.10. The molecule has 168 valence electrons. The maximum Gasteiger partial charge on any atom is 0.338 e. The van der Waals surface area contributed by atoms with Crippen molar-refractivity contribution in [3.8, 4) is 0 Å². The van der Waals surface area contributed by atoms with Gasteiger partial charge in [0.15, 0.2) is 6.61 Å². The zero-order valence-corrected chi connectivity index (χ0v) is 18.1. The summed E-state index contributed by atoms with van der Waals surface area (Å²) < 4.78 is 10.2. The van der Waals surface area contributed by atoms with Gasteiger partial charge < -0.3 is 19.7 Å². The molecule has 8 heteroatoms. The molecule has 3 rings (SSSR count). The molecular weight excluding hydrogens is 412 g/mol. The fourth-order valence-corrected chi connectivity index (χ4v) is 3.26. The van der Waals surface area contributed by atoms with Crippen molar-refractivity contribution in [1.29, 1.82) is 0 Å². The number of esters is 2. The van der Waals surface area contributed by atoms with Gasteiger partial charge in [0.2, 0.25) is 5.91 Å². The molecule has 0 radical (unpaired) electrons. The van der Waals surface area contributed by atoms with Gasteiger partial charge in [0.05, 0.1) is 18.1 Å². The third-order valence-corrected chi connectivity index (χ3v) is 4.99. The maximum absolute atomic E-state index is 12.4. The van der Waals surface area contributed by atoms with E-state index >= 15 is 0 Å². The number of amides is 2. The number of nitrogens with zero attached hydrogens (tertiary/aromatic N) is 1. The van der Waals surface area contributed by atoms with Crippen LogP contribution in [-0.2, 0) is 23.9 Å². The second-order valence-corrected chi connectivity index (χ2v) is 7.61. The Balaban J connectivity index is 1.46. The number of ether oxygens (including phenoxy) is 2. The van der Waals surface area contributed by atoms with Gasteiger partial charge in [-0.25, -0.2) is 4.79 Å². The minimum Gasteiger partial charge on any atom is -0.462 e. The van der Waals surface area contributed by atoms with E-state index in [1.165, 1.54) is 0 Å². The first kappa shape index (κ1) is 23.0. The first-order valence-electron chi connectivity index (χ1n) is 10.5. The average molecular weight is 438 g/mol. The van der Waals surface area contributed by atoms with Crippen LogP contribution in [0.4, 0.5) is 11.4 Å². The van der Waals surface area contributed by atoms with E-state index in [2.05, 4.69) is 5.32 Å². The van der Waals surface area contributed by atoms with Crippen molar-refractivity contribution in [3.63, 3.8) is 0 Å². The summed E-state index contributed by atoms with van der Waals surface area (Å²) in [6.07, 6.45) is 0.779. The molecule has 1 atom stereocenters. The number of rotatable bonds is 8. The molecule has 1 saturated heterocycles. The van der Waals surface area contributed by atoms with Gasteiger partial charge in [0, 0.05) is 24.3 Å². The third-order valence-electron chi connectivity index (χ3n) is 4.99. The Labute approximate surface area is 186 Å². The topological polar surface area (TPSA) is 102 Å². The molecule has 32 heavy (non-hydrogen) atoms. The number of aryl methyl sites for hydroxylation is 1. The molecule has 1 heterocycles. The first-order chi connectivity index (χ1) is 15.4. The van der Waals surface area contributed by atoms with Crippen LogP contribution in [0.1, 0.15) is 35.7 Å². The second-order valence-electron chi connectivity index (χ2n) is 7.61. The third kappa shape index (κ3) is 5.94. The summed E-state index contributed by atoms with van der Waals surface area (Å²) >= 11 is 0. The average Bonchev–Trinajstić information content (AvgIpc) is 3.18. The maximum atomic E-state index is 12.4. The van der Waals surface area contributed by atoms with Gasteiger partial charge in [-0.3, -0.25) is 14.4 Å². The quantitative estimate of drug-likeness (QED) is 0.636. The molecule has 2 aromatic carbocycles. The lowest BCUT2D eigenvalue weighted by Crippen LogP contribution is -2.28. The molecule has 0 aromatic heterocycles. The molecule has 0 bridgehead atoms. The molecule has 2 aromatic rings. The van der Waals surface area contributed by atoms with Crippen LogP contribution in [0.25, 0.3) is 0 Å². The van der Waals surface area contributed by atoms with Crippen LogP contribution in [0.5, 0.6) is 0 Å². The zero-order chi connectivity index (χ0) is 23.1.